The monoisotopic (exact) mass is 254 g/mol. The van der Waals surface area contributed by atoms with Crippen LogP contribution in [-0.2, 0) is 4.79 Å². The molecule has 0 aliphatic carbocycles. The smallest absolute Gasteiger partial charge is 0.303 e. The number of carbonyl (C=O) groups excluding carboxylic acids is 1. The number of amides is 1. The molecule has 1 aliphatic rings. The lowest BCUT2D eigenvalue weighted by Gasteiger charge is -2.30. The number of aliphatic carboxylic acids is 1. The summed E-state index contributed by atoms with van der Waals surface area (Å²) in [6, 6.07) is 0. The predicted molar refractivity (Wildman–Crippen MR) is 63.0 cm³/mol. The maximum absolute atomic E-state index is 11.9. The summed E-state index contributed by atoms with van der Waals surface area (Å²) < 4.78 is 0. The van der Waals surface area contributed by atoms with Crippen molar-refractivity contribution >= 4 is 23.2 Å². The van der Waals surface area contributed by atoms with E-state index in [1.54, 1.807) is 15.8 Å². The molecular weight excluding hydrogens is 240 g/mol. The minimum absolute atomic E-state index is 0.0416. The van der Waals surface area contributed by atoms with Crippen LogP contribution in [0, 0.1) is 5.92 Å². The van der Waals surface area contributed by atoms with Gasteiger partial charge >= 0.3 is 5.97 Å². The normalized spacial score (nSPS) is 17.1. The third-order valence-electron chi connectivity index (χ3n) is 3.02. The Balaban J connectivity index is 1.87. The molecule has 0 bridgehead atoms. The van der Waals surface area contributed by atoms with E-state index >= 15 is 0 Å². The van der Waals surface area contributed by atoms with Gasteiger partial charge in [0.25, 0.3) is 5.91 Å². The first kappa shape index (κ1) is 12.0. The number of hydrogen-bond donors (Lipinski definition) is 1. The van der Waals surface area contributed by atoms with Crippen LogP contribution < -0.4 is 0 Å². The molecular formula is C11H14N2O3S. The number of carbonyl (C=O) groups is 2. The third-order valence-corrected chi connectivity index (χ3v) is 3.60. The molecule has 0 saturated carbocycles. The summed E-state index contributed by atoms with van der Waals surface area (Å²) in [5.41, 5.74) is 2.14. The number of carboxylic acid groups (broad SMARTS) is 1. The number of piperidine rings is 1. The molecule has 0 atom stereocenters. The first-order valence-corrected chi connectivity index (χ1v) is 6.50. The van der Waals surface area contributed by atoms with Crippen LogP contribution in [0.1, 0.15) is 29.8 Å². The Morgan fingerprint density at radius 2 is 2.18 bits per heavy atom. The van der Waals surface area contributed by atoms with Crippen LogP contribution in [0.3, 0.4) is 0 Å². The van der Waals surface area contributed by atoms with Gasteiger partial charge in [-0.1, -0.05) is 0 Å². The zero-order valence-electron chi connectivity index (χ0n) is 9.33. The Hall–Kier alpha value is -1.43. The van der Waals surface area contributed by atoms with Gasteiger partial charge in [0.2, 0.25) is 0 Å². The molecule has 5 nitrogen and oxygen atoms in total. The van der Waals surface area contributed by atoms with Crippen molar-refractivity contribution in [3.05, 3.63) is 16.6 Å². The molecule has 1 aromatic heterocycles. The predicted octanol–water partition coefficient (Wildman–Crippen LogP) is 1.47. The Morgan fingerprint density at radius 3 is 2.71 bits per heavy atom. The van der Waals surface area contributed by atoms with Gasteiger partial charge in [-0.05, 0) is 18.8 Å². The van der Waals surface area contributed by atoms with Crippen LogP contribution >= 0.6 is 11.3 Å². The zero-order valence-corrected chi connectivity index (χ0v) is 10.2. The summed E-state index contributed by atoms with van der Waals surface area (Å²) >= 11 is 1.40. The molecule has 17 heavy (non-hydrogen) atoms. The maximum Gasteiger partial charge on any atom is 0.303 e. The van der Waals surface area contributed by atoms with Gasteiger partial charge in [0.1, 0.15) is 5.69 Å². The molecule has 1 fully saturated rings. The molecule has 0 unspecified atom stereocenters. The van der Waals surface area contributed by atoms with E-state index in [2.05, 4.69) is 4.98 Å². The summed E-state index contributed by atoms with van der Waals surface area (Å²) in [5, 5.41) is 10.4. The van der Waals surface area contributed by atoms with E-state index in [-0.39, 0.29) is 18.2 Å². The van der Waals surface area contributed by atoms with Crippen molar-refractivity contribution in [3.8, 4) is 0 Å². The van der Waals surface area contributed by atoms with Crippen molar-refractivity contribution in [1.82, 2.24) is 9.88 Å². The Morgan fingerprint density at radius 1 is 1.47 bits per heavy atom. The fourth-order valence-corrected chi connectivity index (χ4v) is 2.59. The van der Waals surface area contributed by atoms with E-state index in [1.807, 2.05) is 0 Å². The maximum atomic E-state index is 11.9. The third kappa shape index (κ3) is 3.03. The zero-order chi connectivity index (χ0) is 12.3. The molecule has 0 spiro atoms. The fourth-order valence-electron chi connectivity index (χ4n) is 2.07. The van der Waals surface area contributed by atoms with Crippen LogP contribution in [0.15, 0.2) is 10.9 Å². The SMILES string of the molecule is O=C(O)CC1CCN(C(=O)c2cscn2)CC1. The van der Waals surface area contributed by atoms with Gasteiger partial charge in [0, 0.05) is 24.9 Å². The van der Waals surface area contributed by atoms with Crippen molar-refractivity contribution < 1.29 is 14.7 Å². The average Bonchev–Trinajstić information content (AvgIpc) is 2.82. The molecule has 1 saturated heterocycles. The van der Waals surface area contributed by atoms with Crippen molar-refractivity contribution in [2.24, 2.45) is 5.92 Å². The number of likely N-dealkylation sites (tertiary alicyclic amines) is 1. The van der Waals surface area contributed by atoms with Crippen molar-refractivity contribution in [2.75, 3.05) is 13.1 Å². The second-order valence-corrected chi connectivity index (χ2v) is 4.93. The van der Waals surface area contributed by atoms with Crippen LogP contribution in [0.25, 0.3) is 0 Å². The average molecular weight is 254 g/mol. The number of carboxylic acids is 1. The highest BCUT2D eigenvalue weighted by Gasteiger charge is 2.25. The van der Waals surface area contributed by atoms with Crippen molar-refractivity contribution in [2.45, 2.75) is 19.3 Å². The van der Waals surface area contributed by atoms with Crippen molar-refractivity contribution in [3.63, 3.8) is 0 Å². The molecule has 1 amide bonds. The highest BCUT2D eigenvalue weighted by atomic mass is 32.1. The second kappa shape index (κ2) is 5.27. The molecule has 2 rings (SSSR count). The minimum Gasteiger partial charge on any atom is -0.481 e. The van der Waals surface area contributed by atoms with Crippen LogP contribution in [0.2, 0.25) is 0 Å². The molecule has 92 valence electrons. The Kier molecular flexibility index (Phi) is 3.73. The van der Waals surface area contributed by atoms with Crippen LogP contribution in [0.5, 0.6) is 0 Å². The molecule has 1 N–H and O–H groups in total. The number of nitrogens with zero attached hydrogens (tertiary/aromatic N) is 2. The molecule has 6 heteroatoms. The second-order valence-electron chi connectivity index (χ2n) is 4.21. The Labute approximate surface area is 103 Å². The first-order chi connectivity index (χ1) is 8.16. The van der Waals surface area contributed by atoms with Gasteiger partial charge in [-0.15, -0.1) is 11.3 Å². The van der Waals surface area contributed by atoms with Crippen molar-refractivity contribution in [1.29, 1.82) is 0 Å². The number of thiazole rings is 1. The standard InChI is InChI=1S/C11H14N2O3S/c14-10(15)5-8-1-3-13(4-2-8)11(16)9-6-17-7-12-9/h6-8H,1-5H2,(H,14,15). The van der Waals surface area contributed by atoms with Crippen LogP contribution in [-0.4, -0.2) is 40.0 Å². The molecule has 2 heterocycles. The number of hydrogen-bond acceptors (Lipinski definition) is 4. The van der Waals surface area contributed by atoms with E-state index in [0.29, 0.717) is 18.8 Å². The molecule has 0 radical (unpaired) electrons. The van der Waals surface area contributed by atoms with E-state index in [9.17, 15) is 9.59 Å². The van der Waals surface area contributed by atoms with E-state index in [1.165, 1.54) is 11.3 Å². The fraction of sp³-hybridized carbons (Fsp3) is 0.545. The first-order valence-electron chi connectivity index (χ1n) is 5.56. The van der Waals surface area contributed by atoms with E-state index < -0.39 is 5.97 Å². The molecule has 1 aliphatic heterocycles. The number of aromatic nitrogens is 1. The van der Waals surface area contributed by atoms with E-state index in [0.717, 1.165) is 12.8 Å². The summed E-state index contributed by atoms with van der Waals surface area (Å²) in [7, 11) is 0. The highest BCUT2D eigenvalue weighted by molar-refractivity contribution is 7.07. The Bertz CT molecular complexity index is 397. The van der Waals surface area contributed by atoms with Gasteiger partial charge < -0.3 is 10.0 Å². The lowest BCUT2D eigenvalue weighted by molar-refractivity contribution is -0.138. The summed E-state index contributed by atoms with van der Waals surface area (Å²) in [6.45, 7) is 1.27. The largest absolute Gasteiger partial charge is 0.481 e. The minimum atomic E-state index is -0.755. The topological polar surface area (TPSA) is 70.5 Å². The van der Waals surface area contributed by atoms with E-state index in [4.69, 9.17) is 5.11 Å². The molecule has 0 aromatic carbocycles. The molecule has 1 aromatic rings. The van der Waals surface area contributed by atoms with Crippen LogP contribution in [0.4, 0.5) is 0 Å². The highest BCUT2D eigenvalue weighted by Crippen LogP contribution is 2.21. The summed E-state index contributed by atoms with van der Waals surface area (Å²) in [6.07, 6.45) is 1.74. The van der Waals surface area contributed by atoms with Gasteiger partial charge in [-0.2, -0.15) is 0 Å². The summed E-state index contributed by atoms with van der Waals surface area (Å²) in [5.74, 6) is -0.596. The van der Waals surface area contributed by atoms with Gasteiger partial charge in [-0.3, -0.25) is 9.59 Å². The van der Waals surface area contributed by atoms with Gasteiger partial charge in [0.15, 0.2) is 0 Å². The van der Waals surface area contributed by atoms with Gasteiger partial charge in [0.05, 0.1) is 5.51 Å². The summed E-state index contributed by atoms with van der Waals surface area (Å²) in [4.78, 5) is 28.3. The lowest BCUT2D eigenvalue weighted by Crippen LogP contribution is -2.39. The quantitative estimate of drug-likeness (QED) is 0.886. The number of rotatable bonds is 3. The van der Waals surface area contributed by atoms with Gasteiger partial charge in [-0.25, -0.2) is 4.98 Å². The lowest BCUT2D eigenvalue weighted by atomic mass is 9.93.